The minimum absolute atomic E-state index is 1.12. The zero-order valence-electron chi connectivity index (χ0n) is 16.3. The summed E-state index contributed by atoms with van der Waals surface area (Å²) >= 11 is 3.69. The van der Waals surface area contributed by atoms with Gasteiger partial charge in [-0.2, -0.15) is 0 Å². The van der Waals surface area contributed by atoms with Crippen molar-refractivity contribution in [1.29, 1.82) is 0 Å². The van der Waals surface area contributed by atoms with Crippen molar-refractivity contribution in [1.82, 2.24) is 0 Å². The Bertz CT molecular complexity index is 886. The lowest BCUT2D eigenvalue weighted by Crippen LogP contribution is -2.74. The molecule has 0 unspecified atom stereocenters. The van der Waals surface area contributed by atoms with Gasteiger partial charge in [-0.1, -0.05) is 133 Å². The zero-order chi connectivity index (χ0) is 19.8. The van der Waals surface area contributed by atoms with Gasteiger partial charge in [0.2, 0.25) is 0 Å². The monoisotopic (exact) mass is 444 g/mol. The molecule has 0 heterocycles. The number of hydrogen-bond acceptors (Lipinski definition) is 0. The molecule has 0 saturated carbocycles. The van der Waals surface area contributed by atoms with E-state index in [4.69, 9.17) is 0 Å². The lowest BCUT2D eigenvalue weighted by atomic mass is 10.3. The molecule has 4 aromatic rings. The first kappa shape index (κ1) is 20.3. The van der Waals surface area contributed by atoms with E-state index in [1.807, 2.05) is 13.8 Å². The highest BCUT2D eigenvalue weighted by Crippen LogP contribution is 2.13. The van der Waals surface area contributed by atoms with Crippen LogP contribution < -0.4 is 20.7 Å². The van der Waals surface area contributed by atoms with Crippen LogP contribution in [0.3, 0.4) is 0 Å². The maximum atomic E-state index is 3.69. The molecule has 140 valence electrons. The third-order valence-electron chi connectivity index (χ3n) is 4.88. The minimum atomic E-state index is -2.36. The molecule has 0 N–H and O–H groups in total. The van der Waals surface area contributed by atoms with Crippen LogP contribution in [0.5, 0.6) is 0 Å². The number of hydrogen-bond donors (Lipinski definition) is 0. The van der Waals surface area contributed by atoms with Gasteiger partial charge in [-0.15, -0.1) is 0 Å². The van der Waals surface area contributed by atoms with Gasteiger partial charge >= 0.3 is 0 Å². The summed E-state index contributed by atoms with van der Waals surface area (Å²) in [5, 5.41) is 5.58. The van der Waals surface area contributed by atoms with Crippen LogP contribution in [0.25, 0.3) is 0 Å². The molecule has 0 bridgehead atoms. The molecule has 0 nitrogen and oxygen atoms in total. The van der Waals surface area contributed by atoms with E-state index in [-0.39, 0.29) is 0 Å². The quantitative estimate of drug-likeness (QED) is 0.311. The van der Waals surface area contributed by atoms with E-state index < -0.39 is 8.07 Å². The topological polar surface area (TPSA) is 0 Å². The van der Waals surface area contributed by atoms with E-state index in [2.05, 4.69) is 131 Å². The standard InChI is InChI=1S/C24H19BrSi.C2H6/c25-20-11-10-18-24(19-20)26(21-12-4-1-5-13-21,22-14-6-2-7-15-22)23-16-8-3-9-17-23;1-2/h1-19H;1-2H3. The molecule has 0 aromatic heterocycles. The summed E-state index contributed by atoms with van der Waals surface area (Å²) in [5.74, 6) is 0. The first-order valence-electron chi connectivity index (χ1n) is 9.74. The van der Waals surface area contributed by atoms with E-state index in [1.54, 1.807) is 0 Å². The van der Waals surface area contributed by atoms with Crippen LogP contribution in [-0.4, -0.2) is 8.07 Å². The first-order chi connectivity index (χ1) is 13.8. The van der Waals surface area contributed by atoms with Crippen LogP contribution in [0.1, 0.15) is 13.8 Å². The predicted molar refractivity (Wildman–Crippen MR) is 129 cm³/mol. The fourth-order valence-electron chi connectivity index (χ4n) is 3.79. The number of benzene rings is 4. The van der Waals surface area contributed by atoms with E-state index in [0.29, 0.717) is 0 Å². The number of rotatable bonds is 4. The molecule has 0 spiro atoms. The third-order valence-corrected chi connectivity index (χ3v) is 10.1. The van der Waals surface area contributed by atoms with Crippen LogP contribution >= 0.6 is 15.9 Å². The molecule has 0 amide bonds. The van der Waals surface area contributed by atoms with Gasteiger partial charge in [0.15, 0.2) is 8.07 Å². The SMILES string of the molecule is Brc1cccc([Si](c2ccccc2)(c2ccccc2)c2ccccc2)c1.CC. The first-order valence-corrected chi connectivity index (χ1v) is 12.5. The minimum Gasteiger partial charge on any atom is -0.0683 e. The molecule has 0 radical (unpaired) electrons. The molecule has 4 rings (SSSR count). The summed E-state index contributed by atoms with van der Waals surface area (Å²) in [7, 11) is -2.36. The molecule has 4 aromatic carbocycles. The predicted octanol–water partition coefficient (Wildman–Crippen LogP) is 4.85. The summed E-state index contributed by atoms with van der Waals surface area (Å²) in [6.07, 6.45) is 0. The van der Waals surface area contributed by atoms with Crippen LogP contribution in [0.2, 0.25) is 0 Å². The van der Waals surface area contributed by atoms with Crippen molar-refractivity contribution >= 4 is 44.8 Å². The maximum absolute atomic E-state index is 3.69. The van der Waals surface area contributed by atoms with Gasteiger partial charge in [0.25, 0.3) is 0 Å². The Kier molecular flexibility index (Phi) is 7.02. The van der Waals surface area contributed by atoms with Gasteiger partial charge in [-0.3, -0.25) is 0 Å². The highest BCUT2D eigenvalue weighted by molar-refractivity contribution is 9.10. The fourth-order valence-corrected chi connectivity index (χ4v) is 9.19. The lowest BCUT2D eigenvalue weighted by Gasteiger charge is -2.34. The summed E-state index contributed by atoms with van der Waals surface area (Å²) in [6, 6.07) is 41.7. The molecule has 0 atom stereocenters. The van der Waals surface area contributed by atoms with Gasteiger partial charge in [-0.25, -0.2) is 0 Å². The molecule has 2 heteroatoms. The van der Waals surface area contributed by atoms with Crippen molar-refractivity contribution in [2.24, 2.45) is 0 Å². The molecule has 28 heavy (non-hydrogen) atoms. The molecule has 0 aliphatic heterocycles. The van der Waals surface area contributed by atoms with Crippen molar-refractivity contribution < 1.29 is 0 Å². The van der Waals surface area contributed by atoms with Gasteiger partial charge in [0.05, 0.1) is 0 Å². The van der Waals surface area contributed by atoms with E-state index in [1.165, 1.54) is 20.7 Å². The van der Waals surface area contributed by atoms with Crippen molar-refractivity contribution in [2.45, 2.75) is 13.8 Å². The summed E-state index contributed by atoms with van der Waals surface area (Å²) in [4.78, 5) is 0. The molecule has 0 aliphatic carbocycles. The summed E-state index contributed by atoms with van der Waals surface area (Å²) < 4.78 is 1.12. The lowest BCUT2D eigenvalue weighted by molar-refractivity contribution is 1.50. The van der Waals surface area contributed by atoms with Gasteiger partial charge in [-0.05, 0) is 32.9 Å². The molecule has 0 fully saturated rings. The molecule has 0 saturated heterocycles. The highest BCUT2D eigenvalue weighted by Gasteiger charge is 2.41. The Hall–Kier alpha value is -2.42. The Labute approximate surface area is 178 Å². The van der Waals surface area contributed by atoms with Crippen LogP contribution in [0.4, 0.5) is 0 Å². The molecular formula is C26H25BrSi. The summed E-state index contributed by atoms with van der Waals surface area (Å²) in [6.45, 7) is 4.00. The fraction of sp³-hybridized carbons (Fsp3) is 0.0769. The Morgan fingerprint density at radius 2 is 0.821 bits per heavy atom. The van der Waals surface area contributed by atoms with Gasteiger partial charge in [0.1, 0.15) is 0 Å². The summed E-state index contributed by atoms with van der Waals surface area (Å²) in [5.41, 5.74) is 0. The maximum Gasteiger partial charge on any atom is 0.179 e. The van der Waals surface area contributed by atoms with Crippen LogP contribution in [-0.2, 0) is 0 Å². The largest absolute Gasteiger partial charge is 0.179 e. The van der Waals surface area contributed by atoms with E-state index in [9.17, 15) is 0 Å². The van der Waals surface area contributed by atoms with Crippen molar-refractivity contribution in [3.8, 4) is 0 Å². The second-order valence-corrected chi connectivity index (χ2v) is 11.1. The Morgan fingerprint density at radius 1 is 0.464 bits per heavy atom. The third kappa shape index (κ3) is 3.89. The van der Waals surface area contributed by atoms with Crippen LogP contribution in [0, 0.1) is 0 Å². The van der Waals surface area contributed by atoms with Crippen LogP contribution in [0.15, 0.2) is 120 Å². The second-order valence-electron chi connectivity index (χ2n) is 6.36. The van der Waals surface area contributed by atoms with E-state index in [0.717, 1.165) is 4.47 Å². The average Bonchev–Trinajstić information content (AvgIpc) is 2.78. The van der Waals surface area contributed by atoms with Crippen molar-refractivity contribution in [2.75, 3.05) is 0 Å². The van der Waals surface area contributed by atoms with E-state index >= 15 is 0 Å². The zero-order valence-corrected chi connectivity index (χ0v) is 18.9. The smallest absolute Gasteiger partial charge is 0.0683 e. The van der Waals surface area contributed by atoms with Gasteiger partial charge in [0, 0.05) is 4.47 Å². The second kappa shape index (κ2) is 9.68. The Morgan fingerprint density at radius 3 is 1.18 bits per heavy atom. The Balaban J connectivity index is 0.00000109. The average molecular weight is 445 g/mol. The van der Waals surface area contributed by atoms with Gasteiger partial charge < -0.3 is 0 Å². The van der Waals surface area contributed by atoms with Crippen molar-refractivity contribution in [3.63, 3.8) is 0 Å². The van der Waals surface area contributed by atoms with Crippen molar-refractivity contribution in [3.05, 3.63) is 120 Å². The molecule has 0 aliphatic rings. The number of halogens is 1. The highest BCUT2D eigenvalue weighted by atomic mass is 79.9. The normalized spacial score (nSPS) is 10.7. The molecular weight excluding hydrogens is 420 g/mol.